The Balaban J connectivity index is 2.06. The van der Waals surface area contributed by atoms with Gasteiger partial charge in [-0.05, 0) is 41.9 Å². The van der Waals surface area contributed by atoms with Gasteiger partial charge in [-0.25, -0.2) is 0 Å². The molecule has 0 aliphatic rings. The Labute approximate surface area is 139 Å². The highest BCUT2D eigenvalue weighted by Crippen LogP contribution is 2.22. The van der Waals surface area contributed by atoms with Crippen LogP contribution in [0.3, 0.4) is 0 Å². The van der Waals surface area contributed by atoms with E-state index in [2.05, 4.69) is 46.4 Å². The maximum absolute atomic E-state index is 6.08. The Hall–Kier alpha value is -0.870. The zero-order valence-electron chi connectivity index (χ0n) is 12.0. The van der Waals surface area contributed by atoms with Crippen LogP contribution in [0.1, 0.15) is 24.2 Å². The minimum atomic E-state index is -0.0115. The van der Waals surface area contributed by atoms with Crippen LogP contribution in [0.25, 0.3) is 0 Å². The second-order valence-electron chi connectivity index (χ2n) is 4.79. The van der Waals surface area contributed by atoms with Gasteiger partial charge in [-0.1, -0.05) is 58.7 Å². The van der Waals surface area contributed by atoms with Crippen LogP contribution in [-0.2, 0) is 11.3 Å². The molecule has 0 saturated carbocycles. The van der Waals surface area contributed by atoms with Crippen molar-refractivity contribution in [2.75, 3.05) is 13.1 Å². The van der Waals surface area contributed by atoms with Crippen molar-refractivity contribution in [2.45, 2.75) is 19.6 Å². The van der Waals surface area contributed by atoms with Gasteiger partial charge in [0.05, 0.1) is 12.7 Å². The number of likely N-dealkylation sites (N-methyl/N-ethyl adjacent to an activating group) is 1. The SMILES string of the molecule is CCNCC(OCc1cccc(Br)c1)c1cccc(Cl)c1. The lowest BCUT2D eigenvalue weighted by Crippen LogP contribution is -2.23. The van der Waals surface area contributed by atoms with Crippen LogP contribution in [-0.4, -0.2) is 13.1 Å². The lowest BCUT2D eigenvalue weighted by molar-refractivity contribution is 0.0401. The highest BCUT2D eigenvalue weighted by atomic mass is 79.9. The molecule has 2 rings (SSSR count). The topological polar surface area (TPSA) is 21.3 Å². The number of hydrogen-bond acceptors (Lipinski definition) is 2. The molecule has 0 bridgehead atoms. The van der Waals surface area contributed by atoms with Gasteiger partial charge in [0, 0.05) is 16.0 Å². The zero-order valence-corrected chi connectivity index (χ0v) is 14.3. The molecular weight excluding hydrogens is 350 g/mol. The van der Waals surface area contributed by atoms with E-state index in [4.69, 9.17) is 16.3 Å². The van der Waals surface area contributed by atoms with Crippen LogP contribution in [0.5, 0.6) is 0 Å². The van der Waals surface area contributed by atoms with Gasteiger partial charge >= 0.3 is 0 Å². The molecule has 4 heteroatoms. The molecule has 1 atom stereocenters. The smallest absolute Gasteiger partial charge is 0.0954 e. The zero-order chi connectivity index (χ0) is 15.1. The predicted molar refractivity (Wildman–Crippen MR) is 91.7 cm³/mol. The first-order valence-electron chi connectivity index (χ1n) is 7.01. The summed E-state index contributed by atoms with van der Waals surface area (Å²) in [7, 11) is 0. The molecule has 112 valence electrons. The lowest BCUT2D eigenvalue weighted by Gasteiger charge is -2.19. The predicted octanol–water partition coefficient (Wildman–Crippen LogP) is 4.97. The van der Waals surface area contributed by atoms with E-state index in [0.29, 0.717) is 6.61 Å². The van der Waals surface area contributed by atoms with Crippen LogP contribution in [0.15, 0.2) is 53.0 Å². The van der Waals surface area contributed by atoms with E-state index in [1.54, 1.807) is 0 Å². The third kappa shape index (κ3) is 5.44. The van der Waals surface area contributed by atoms with Crippen LogP contribution in [0.2, 0.25) is 5.02 Å². The summed E-state index contributed by atoms with van der Waals surface area (Å²) in [5, 5.41) is 4.07. The van der Waals surface area contributed by atoms with Crippen LogP contribution in [0, 0.1) is 0 Å². The molecule has 1 N–H and O–H groups in total. The van der Waals surface area contributed by atoms with Gasteiger partial charge in [0.25, 0.3) is 0 Å². The van der Waals surface area contributed by atoms with Crippen molar-refractivity contribution >= 4 is 27.5 Å². The van der Waals surface area contributed by atoms with Crippen molar-refractivity contribution < 1.29 is 4.74 Å². The average Bonchev–Trinajstić information content (AvgIpc) is 2.47. The third-order valence-corrected chi connectivity index (χ3v) is 3.87. The van der Waals surface area contributed by atoms with Crippen molar-refractivity contribution in [2.24, 2.45) is 0 Å². The summed E-state index contributed by atoms with van der Waals surface area (Å²) in [6.07, 6.45) is -0.0115. The van der Waals surface area contributed by atoms with E-state index in [-0.39, 0.29) is 6.10 Å². The molecule has 0 spiro atoms. The van der Waals surface area contributed by atoms with Gasteiger partial charge in [-0.15, -0.1) is 0 Å². The van der Waals surface area contributed by atoms with E-state index >= 15 is 0 Å². The molecule has 0 aliphatic carbocycles. The maximum atomic E-state index is 6.08. The molecule has 2 nitrogen and oxygen atoms in total. The molecule has 1 unspecified atom stereocenters. The van der Waals surface area contributed by atoms with E-state index in [1.165, 1.54) is 0 Å². The van der Waals surface area contributed by atoms with E-state index < -0.39 is 0 Å². The normalized spacial score (nSPS) is 12.3. The first-order valence-corrected chi connectivity index (χ1v) is 8.18. The fourth-order valence-electron chi connectivity index (χ4n) is 2.08. The Morgan fingerprint density at radius 1 is 1.19 bits per heavy atom. The average molecular weight is 369 g/mol. The van der Waals surface area contributed by atoms with Crippen LogP contribution < -0.4 is 5.32 Å². The van der Waals surface area contributed by atoms with Gasteiger partial charge in [-0.3, -0.25) is 0 Å². The number of ether oxygens (including phenoxy) is 1. The highest BCUT2D eigenvalue weighted by molar-refractivity contribution is 9.10. The highest BCUT2D eigenvalue weighted by Gasteiger charge is 2.12. The lowest BCUT2D eigenvalue weighted by atomic mass is 10.1. The summed E-state index contributed by atoms with van der Waals surface area (Å²) in [6.45, 7) is 4.34. The molecule has 0 radical (unpaired) electrons. The maximum Gasteiger partial charge on any atom is 0.0954 e. The van der Waals surface area contributed by atoms with Crippen molar-refractivity contribution in [1.29, 1.82) is 0 Å². The van der Waals surface area contributed by atoms with Crippen LogP contribution in [0.4, 0.5) is 0 Å². The van der Waals surface area contributed by atoms with Gasteiger partial charge in [0.2, 0.25) is 0 Å². The minimum absolute atomic E-state index is 0.0115. The van der Waals surface area contributed by atoms with Crippen LogP contribution >= 0.6 is 27.5 Å². The molecule has 2 aromatic carbocycles. The van der Waals surface area contributed by atoms with Gasteiger partial charge in [0.15, 0.2) is 0 Å². The summed E-state index contributed by atoms with van der Waals surface area (Å²) in [6, 6.07) is 16.0. The number of rotatable bonds is 7. The number of nitrogens with one attached hydrogen (secondary N) is 1. The fourth-order valence-corrected chi connectivity index (χ4v) is 2.72. The van der Waals surface area contributed by atoms with Crippen molar-refractivity contribution in [3.8, 4) is 0 Å². The molecule has 0 saturated heterocycles. The molecule has 21 heavy (non-hydrogen) atoms. The number of halogens is 2. The summed E-state index contributed by atoms with van der Waals surface area (Å²) >= 11 is 9.56. The molecule has 0 amide bonds. The van der Waals surface area contributed by atoms with Gasteiger partial charge in [0.1, 0.15) is 0 Å². The van der Waals surface area contributed by atoms with Gasteiger partial charge in [-0.2, -0.15) is 0 Å². The number of hydrogen-bond donors (Lipinski definition) is 1. The second kappa shape index (κ2) is 8.54. The Morgan fingerprint density at radius 3 is 2.71 bits per heavy atom. The van der Waals surface area contributed by atoms with E-state index in [1.807, 2.05) is 30.3 Å². The Kier molecular flexibility index (Phi) is 6.71. The third-order valence-electron chi connectivity index (χ3n) is 3.14. The molecule has 0 heterocycles. The first-order chi connectivity index (χ1) is 10.2. The summed E-state index contributed by atoms with van der Waals surface area (Å²) in [5.74, 6) is 0. The van der Waals surface area contributed by atoms with E-state index in [0.717, 1.165) is 33.7 Å². The molecular formula is C17H19BrClNO. The Bertz CT molecular complexity index is 576. The molecule has 0 aliphatic heterocycles. The van der Waals surface area contributed by atoms with Crippen molar-refractivity contribution in [3.63, 3.8) is 0 Å². The quantitative estimate of drug-likeness (QED) is 0.745. The largest absolute Gasteiger partial charge is 0.368 e. The summed E-state index contributed by atoms with van der Waals surface area (Å²) in [4.78, 5) is 0. The first kappa shape index (κ1) is 16.5. The molecule has 2 aromatic rings. The second-order valence-corrected chi connectivity index (χ2v) is 6.14. The molecule has 0 aromatic heterocycles. The molecule has 0 fully saturated rings. The van der Waals surface area contributed by atoms with Crippen molar-refractivity contribution in [3.05, 3.63) is 69.2 Å². The van der Waals surface area contributed by atoms with Gasteiger partial charge < -0.3 is 10.1 Å². The monoisotopic (exact) mass is 367 g/mol. The summed E-state index contributed by atoms with van der Waals surface area (Å²) < 4.78 is 7.15. The van der Waals surface area contributed by atoms with Crippen molar-refractivity contribution in [1.82, 2.24) is 5.32 Å². The summed E-state index contributed by atoms with van der Waals surface area (Å²) in [5.41, 5.74) is 2.24. The number of benzene rings is 2. The fraction of sp³-hybridized carbons (Fsp3) is 0.294. The standard InChI is InChI=1S/C17H19BrClNO/c1-2-20-11-17(14-6-4-8-16(19)10-14)21-12-13-5-3-7-15(18)9-13/h3-10,17,20H,2,11-12H2,1H3. The minimum Gasteiger partial charge on any atom is -0.368 e. The van der Waals surface area contributed by atoms with E-state index in [9.17, 15) is 0 Å². The Morgan fingerprint density at radius 2 is 2.00 bits per heavy atom.